The number of hydrogen-bond acceptors (Lipinski definition) is 5. The topological polar surface area (TPSA) is 85.9 Å². The van der Waals surface area contributed by atoms with E-state index in [2.05, 4.69) is 10.6 Å². The number of carbonyl (C=O) groups is 2. The van der Waals surface area contributed by atoms with Crippen LogP contribution in [0.25, 0.3) is 0 Å². The van der Waals surface area contributed by atoms with Gasteiger partial charge in [0.25, 0.3) is 0 Å². The summed E-state index contributed by atoms with van der Waals surface area (Å²) in [6.07, 6.45) is 3.79. The fourth-order valence-electron chi connectivity index (χ4n) is 3.17. The van der Waals surface area contributed by atoms with Crippen LogP contribution in [0.3, 0.4) is 0 Å². The summed E-state index contributed by atoms with van der Waals surface area (Å²) in [4.78, 5) is 23.9. The summed E-state index contributed by atoms with van der Waals surface area (Å²) >= 11 is 0. The molecule has 2 amide bonds. The van der Waals surface area contributed by atoms with Crippen LogP contribution in [0.1, 0.15) is 32.6 Å². The Kier molecular flexibility index (Phi) is 5.55. The molecule has 136 valence electrons. The Morgan fingerprint density at radius 3 is 2.60 bits per heavy atom. The minimum atomic E-state index is -0.710. The standard InChI is InChI=1S/C18H24N2O5/c1-2-23-14-7-5-13(6-8-14)20-17(22)16(21)19-11-15-12-24-18(25-15)9-3-4-10-18/h5-8,15H,2-4,9-12H2,1H3,(H,19,21)(H,20,22)/t15-/m0/s1. The molecule has 1 heterocycles. The molecule has 0 bridgehead atoms. The third kappa shape index (κ3) is 4.49. The van der Waals surface area contributed by atoms with Gasteiger partial charge in [0.2, 0.25) is 0 Å². The van der Waals surface area contributed by atoms with Crippen LogP contribution >= 0.6 is 0 Å². The van der Waals surface area contributed by atoms with Gasteiger partial charge in [-0.25, -0.2) is 0 Å². The third-order valence-corrected chi connectivity index (χ3v) is 4.40. The Hall–Kier alpha value is -2.12. The van der Waals surface area contributed by atoms with Crippen LogP contribution in [-0.4, -0.2) is 43.5 Å². The summed E-state index contributed by atoms with van der Waals surface area (Å²) in [7, 11) is 0. The van der Waals surface area contributed by atoms with Crippen LogP contribution < -0.4 is 15.4 Å². The van der Waals surface area contributed by atoms with Crippen LogP contribution in [0.15, 0.2) is 24.3 Å². The van der Waals surface area contributed by atoms with Crippen molar-refractivity contribution in [2.75, 3.05) is 25.1 Å². The van der Waals surface area contributed by atoms with Crippen molar-refractivity contribution >= 4 is 17.5 Å². The average molecular weight is 348 g/mol. The van der Waals surface area contributed by atoms with Crippen molar-refractivity contribution in [1.29, 1.82) is 0 Å². The summed E-state index contributed by atoms with van der Waals surface area (Å²) in [5.41, 5.74) is 0.536. The molecule has 3 rings (SSSR count). The number of hydrogen-bond donors (Lipinski definition) is 2. The number of nitrogens with one attached hydrogen (secondary N) is 2. The minimum absolute atomic E-state index is 0.208. The van der Waals surface area contributed by atoms with Gasteiger partial charge in [-0.3, -0.25) is 9.59 Å². The van der Waals surface area contributed by atoms with Crippen molar-refractivity contribution in [2.24, 2.45) is 0 Å². The molecule has 0 radical (unpaired) electrons. The molecule has 1 atom stereocenters. The predicted molar refractivity (Wildman–Crippen MR) is 91.3 cm³/mol. The van der Waals surface area contributed by atoms with Gasteiger partial charge in [0.1, 0.15) is 11.9 Å². The molecule has 7 heteroatoms. The highest BCUT2D eigenvalue weighted by atomic mass is 16.7. The van der Waals surface area contributed by atoms with E-state index in [9.17, 15) is 9.59 Å². The highest BCUT2D eigenvalue weighted by molar-refractivity contribution is 6.39. The molecule has 1 aromatic rings. The minimum Gasteiger partial charge on any atom is -0.494 e. The van der Waals surface area contributed by atoms with E-state index in [1.54, 1.807) is 24.3 Å². The van der Waals surface area contributed by atoms with Crippen molar-refractivity contribution in [3.05, 3.63) is 24.3 Å². The first-order valence-electron chi connectivity index (χ1n) is 8.74. The zero-order valence-electron chi connectivity index (χ0n) is 14.4. The van der Waals surface area contributed by atoms with Gasteiger partial charge in [0.05, 0.1) is 13.2 Å². The molecule has 25 heavy (non-hydrogen) atoms. The molecule has 1 saturated heterocycles. The normalized spacial score (nSPS) is 21.2. The van der Waals surface area contributed by atoms with Gasteiger partial charge in [-0.2, -0.15) is 0 Å². The Labute approximate surface area is 147 Å². The van der Waals surface area contributed by atoms with Crippen LogP contribution in [0.4, 0.5) is 5.69 Å². The summed E-state index contributed by atoms with van der Waals surface area (Å²) < 4.78 is 17.0. The molecule has 0 aromatic heterocycles. The van der Waals surface area contributed by atoms with Crippen molar-refractivity contribution in [3.63, 3.8) is 0 Å². The summed E-state index contributed by atoms with van der Waals surface area (Å²) in [6, 6.07) is 6.85. The quantitative estimate of drug-likeness (QED) is 0.793. The highest BCUT2D eigenvalue weighted by Gasteiger charge is 2.43. The van der Waals surface area contributed by atoms with Gasteiger partial charge in [-0.05, 0) is 44.0 Å². The van der Waals surface area contributed by atoms with E-state index in [-0.39, 0.29) is 12.6 Å². The second kappa shape index (κ2) is 7.84. The molecule has 2 aliphatic rings. The summed E-state index contributed by atoms with van der Waals surface area (Å²) in [5.74, 6) is -1.15. The van der Waals surface area contributed by atoms with Gasteiger partial charge < -0.3 is 24.8 Å². The van der Waals surface area contributed by atoms with E-state index >= 15 is 0 Å². The largest absolute Gasteiger partial charge is 0.494 e. The molecule has 1 aliphatic heterocycles. The molecular formula is C18H24N2O5. The maximum Gasteiger partial charge on any atom is 0.313 e. The Balaban J connectivity index is 1.42. The number of amides is 2. The lowest BCUT2D eigenvalue weighted by Gasteiger charge is -2.21. The lowest BCUT2D eigenvalue weighted by atomic mass is 10.2. The van der Waals surface area contributed by atoms with Crippen LogP contribution in [0.5, 0.6) is 5.75 Å². The Morgan fingerprint density at radius 1 is 1.20 bits per heavy atom. The molecule has 2 N–H and O–H groups in total. The van der Waals surface area contributed by atoms with E-state index < -0.39 is 17.6 Å². The number of ether oxygens (including phenoxy) is 3. The van der Waals surface area contributed by atoms with Gasteiger partial charge in [0.15, 0.2) is 5.79 Å². The number of anilines is 1. The van der Waals surface area contributed by atoms with Crippen molar-refractivity contribution in [2.45, 2.75) is 44.5 Å². The lowest BCUT2D eigenvalue weighted by Crippen LogP contribution is -2.40. The second-order valence-corrected chi connectivity index (χ2v) is 6.29. The highest BCUT2D eigenvalue weighted by Crippen LogP contribution is 2.38. The van der Waals surface area contributed by atoms with Crippen molar-refractivity contribution < 1.29 is 23.8 Å². The SMILES string of the molecule is CCOc1ccc(NC(=O)C(=O)NC[C@H]2COC3(CCCC3)O2)cc1. The van der Waals surface area contributed by atoms with Crippen LogP contribution in [-0.2, 0) is 19.1 Å². The zero-order chi connectivity index (χ0) is 17.7. The van der Waals surface area contributed by atoms with Crippen LogP contribution in [0, 0.1) is 0 Å². The lowest BCUT2D eigenvalue weighted by molar-refractivity contribution is -0.161. The molecule has 1 saturated carbocycles. The molecule has 1 spiro atoms. The monoisotopic (exact) mass is 348 g/mol. The first-order valence-corrected chi connectivity index (χ1v) is 8.74. The second-order valence-electron chi connectivity index (χ2n) is 6.29. The maximum absolute atomic E-state index is 12.0. The molecule has 2 fully saturated rings. The van der Waals surface area contributed by atoms with E-state index in [0.29, 0.717) is 24.7 Å². The van der Waals surface area contributed by atoms with E-state index in [1.807, 2.05) is 6.92 Å². The molecule has 7 nitrogen and oxygen atoms in total. The fraction of sp³-hybridized carbons (Fsp3) is 0.556. The first-order chi connectivity index (χ1) is 12.1. The summed E-state index contributed by atoms with van der Waals surface area (Å²) in [5, 5.41) is 5.16. The predicted octanol–water partition coefficient (Wildman–Crippen LogP) is 1.83. The maximum atomic E-state index is 12.0. The van der Waals surface area contributed by atoms with Gasteiger partial charge in [0, 0.05) is 25.1 Å². The van der Waals surface area contributed by atoms with Crippen molar-refractivity contribution in [3.8, 4) is 5.75 Å². The van der Waals surface area contributed by atoms with Crippen molar-refractivity contribution in [1.82, 2.24) is 5.32 Å². The van der Waals surface area contributed by atoms with E-state index in [0.717, 1.165) is 25.7 Å². The zero-order valence-corrected chi connectivity index (χ0v) is 14.4. The Morgan fingerprint density at radius 2 is 1.92 bits per heavy atom. The third-order valence-electron chi connectivity index (χ3n) is 4.40. The smallest absolute Gasteiger partial charge is 0.313 e. The fourth-order valence-corrected chi connectivity index (χ4v) is 3.17. The number of benzene rings is 1. The average Bonchev–Trinajstić information content (AvgIpc) is 3.24. The Bertz CT molecular complexity index is 610. The van der Waals surface area contributed by atoms with Gasteiger partial charge in [-0.1, -0.05) is 0 Å². The molecule has 1 aliphatic carbocycles. The first kappa shape index (κ1) is 17.7. The van der Waals surface area contributed by atoms with Gasteiger partial charge in [-0.15, -0.1) is 0 Å². The number of carbonyl (C=O) groups excluding carboxylic acids is 2. The molecule has 1 aromatic carbocycles. The number of rotatable bonds is 5. The van der Waals surface area contributed by atoms with Gasteiger partial charge >= 0.3 is 11.8 Å². The van der Waals surface area contributed by atoms with Crippen LogP contribution in [0.2, 0.25) is 0 Å². The van der Waals surface area contributed by atoms with E-state index in [1.165, 1.54) is 0 Å². The molecular weight excluding hydrogens is 324 g/mol. The van der Waals surface area contributed by atoms with E-state index in [4.69, 9.17) is 14.2 Å². The summed E-state index contributed by atoms with van der Waals surface area (Å²) in [6.45, 7) is 3.17. The molecule has 0 unspecified atom stereocenters.